The highest BCUT2D eigenvalue weighted by Gasteiger charge is 2.23. The predicted octanol–water partition coefficient (Wildman–Crippen LogP) is 16.4. The molecular formula is C60H44N4O. The molecule has 5 nitrogen and oxygen atoms in total. The highest BCUT2D eigenvalue weighted by Crippen LogP contribution is 2.45. The monoisotopic (exact) mass is 836 g/mol. The summed E-state index contributed by atoms with van der Waals surface area (Å²) in [6, 6.07) is 81.7. The molecule has 0 radical (unpaired) electrons. The lowest BCUT2D eigenvalue weighted by molar-refractivity contribution is 0.482. The summed E-state index contributed by atoms with van der Waals surface area (Å²) in [6.07, 6.45) is 6.63. The number of fused-ring (bicyclic) bond motifs is 6. The third-order valence-electron chi connectivity index (χ3n) is 12.5. The number of rotatable bonds is 10. The summed E-state index contributed by atoms with van der Waals surface area (Å²) in [5.41, 5.74) is 14.2. The molecule has 2 aromatic heterocycles. The minimum absolute atomic E-state index is 0.704. The second-order valence-electron chi connectivity index (χ2n) is 16.5. The fraction of sp³-hybridized carbons (Fsp3) is 0.0333. The van der Waals surface area contributed by atoms with Crippen LogP contribution in [0.15, 0.2) is 237 Å². The molecule has 5 heteroatoms. The standard InChI is InChI=1S/C60H44N4O/c1-5-21-43(22-6-1)61(44-23-7-2-8-24-44)47-37-48(62(45-25-9-3-10-26-45)46-27-11-4-12-28-46)40-51(39-47)65-52-41-49(63-57-33-17-13-29-53(57)54-30-14-18-34-58(54)63)38-50(42-52)64-59-35-19-15-31-55(59)56-32-16-20-36-60(56)64/h1-15,17-31,33-42H,16,32H2. The van der Waals surface area contributed by atoms with E-state index in [0.717, 1.165) is 75.1 Å². The van der Waals surface area contributed by atoms with Crippen molar-refractivity contribution in [1.29, 1.82) is 0 Å². The summed E-state index contributed by atoms with van der Waals surface area (Å²) in [5.74, 6) is 1.43. The average Bonchev–Trinajstić information content (AvgIpc) is 3.89. The van der Waals surface area contributed by atoms with E-state index in [-0.39, 0.29) is 0 Å². The molecule has 2 heterocycles. The van der Waals surface area contributed by atoms with Gasteiger partial charge in [0.2, 0.25) is 0 Å². The van der Waals surface area contributed by atoms with Gasteiger partial charge in [-0.05, 0) is 103 Å². The van der Waals surface area contributed by atoms with Crippen LogP contribution >= 0.6 is 0 Å². The van der Waals surface area contributed by atoms with E-state index in [9.17, 15) is 0 Å². The van der Waals surface area contributed by atoms with Crippen LogP contribution in [0.2, 0.25) is 0 Å². The lowest BCUT2D eigenvalue weighted by atomic mass is 10.0. The number of allylic oxidation sites excluding steroid dienone is 1. The molecule has 0 unspecified atom stereocenters. The minimum atomic E-state index is 0.704. The number of ether oxygens (including phenoxy) is 1. The Balaban J connectivity index is 1.11. The highest BCUT2D eigenvalue weighted by atomic mass is 16.5. The van der Waals surface area contributed by atoms with E-state index in [0.29, 0.717) is 5.75 Å². The van der Waals surface area contributed by atoms with E-state index in [1.807, 2.05) is 0 Å². The van der Waals surface area contributed by atoms with Crippen molar-refractivity contribution in [2.24, 2.45) is 0 Å². The largest absolute Gasteiger partial charge is 0.457 e. The third-order valence-corrected chi connectivity index (χ3v) is 12.5. The number of benzene rings is 9. The van der Waals surface area contributed by atoms with Crippen LogP contribution in [0.3, 0.4) is 0 Å². The third kappa shape index (κ3) is 6.91. The van der Waals surface area contributed by atoms with Gasteiger partial charge in [-0.3, -0.25) is 0 Å². The van der Waals surface area contributed by atoms with Gasteiger partial charge < -0.3 is 23.7 Å². The van der Waals surface area contributed by atoms with Crippen LogP contribution < -0.4 is 14.5 Å². The molecule has 0 saturated heterocycles. The first-order valence-electron chi connectivity index (χ1n) is 22.3. The van der Waals surface area contributed by atoms with E-state index < -0.39 is 0 Å². The first-order valence-corrected chi connectivity index (χ1v) is 22.3. The van der Waals surface area contributed by atoms with E-state index >= 15 is 0 Å². The zero-order valence-corrected chi connectivity index (χ0v) is 35.7. The maximum Gasteiger partial charge on any atom is 0.131 e. The number of para-hydroxylation sites is 7. The number of anilines is 6. The first kappa shape index (κ1) is 38.2. The molecule has 310 valence electrons. The molecule has 0 saturated carbocycles. The van der Waals surface area contributed by atoms with Crippen molar-refractivity contribution in [1.82, 2.24) is 9.13 Å². The lowest BCUT2D eigenvalue weighted by Crippen LogP contribution is -2.13. The molecule has 0 N–H and O–H groups in total. The van der Waals surface area contributed by atoms with Crippen LogP contribution in [0.1, 0.15) is 17.7 Å². The second kappa shape index (κ2) is 16.3. The summed E-state index contributed by atoms with van der Waals surface area (Å²) in [4.78, 5) is 4.60. The van der Waals surface area contributed by atoms with Crippen molar-refractivity contribution in [2.45, 2.75) is 12.8 Å². The van der Waals surface area contributed by atoms with Gasteiger partial charge in [0.1, 0.15) is 11.5 Å². The van der Waals surface area contributed by atoms with Gasteiger partial charge in [-0.2, -0.15) is 0 Å². The predicted molar refractivity (Wildman–Crippen MR) is 271 cm³/mol. The Labute approximate surface area is 378 Å². The number of aromatic nitrogens is 2. The number of hydrogen-bond donors (Lipinski definition) is 0. The van der Waals surface area contributed by atoms with E-state index in [2.05, 4.69) is 262 Å². The van der Waals surface area contributed by atoms with Crippen molar-refractivity contribution < 1.29 is 4.74 Å². The van der Waals surface area contributed by atoms with Gasteiger partial charge in [0, 0.05) is 68.9 Å². The molecule has 11 aromatic rings. The molecule has 9 aromatic carbocycles. The van der Waals surface area contributed by atoms with Crippen LogP contribution in [-0.2, 0) is 6.42 Å². The molecular weight excluding hydrogens is 793 g/mol. The van der Waals surface area contributed by atoms with Crippen molar-refractivity contribution >= 4 is 72.9 Å². The van der Waals surface area contributed by atoms with Crippen LogP contribution in [-0.4, -0.2) is 9.13 Å². The Morgan fingerprint density at radius 2 is 0.754 bits per heavy atom. The Bertz CT molecular complexity index is 3290. The van der Waals surface area contributed by atoms with Crippen LogP contribution in [0.5, 0.6) is 11.5 Å². The Hall–Kier alpha value is -8.54. The second-order valence-corrected chi connectivity index (χ2v) is 16.5. The molecule has 12 rings (SSSR count). The molecule has 0 spiro atoms. The zero-order valence-electron chi connectivity index (χ0n) is 35.7. The van der Waals surface area contributed by atoms with Crippen molar-refractivity contribution in [3.8, 4) is 22.9 Å². The number of nitrogens with zero attached hydrogens (tertiary/aromatic N) is 4. The molecule has 1 aliphatic carbocycles. The summed E-state index contributed by atoms with van der Waals surface area (Å²) in [5, 5.41) is 3.71. The molecule has 0 bridgehead atoms. The van der Waals surface area contributed by atoms with Crippen LogP contribution in [0.25, 0.3) is 50.2 Å². The zero-order chi connectivity index (χ0) is 43.1. The summed E-state index contributed by atoms with van der Waals surface area (Å²) < 4.78 is 12.2. The van der Waals surface area contributed by atoms with Gasteiger partial charge in [0.05, 0.1) is 39.3 Å². The number of aryl methyl sites for hydroxylation is 1. The topological polar surface area (TPSA) is 25.6 Å². The van der Waals surface area contributed by atoms with Gasteiger partial charge >= 0.3 is 0 Å². The minimum Gasteiger partial charge on any atom is -0.457 e. The maximum absolute atomic E-state index is 7.36. The molecule has 1 aliphatic rings. The SMILES string of the molecule is C1=Cc2c(c3ccccc3n2-c2cc(Oc3cc(N(c4ccccc4)c4ccccc4)cc(N(c4ccccc4)c4ccccc4)c3)cc(-n3c4ccccc4c4ccccc43)c2)CC1. The van der Waals surface area contributed by atoms with E-state index in [1.54, 1.807) is 0 Å². The Morgan fingerprint density at radius 1 is 0.354 bits per heavy atom. The normalized spacial score (nSPS) is 12.1. The molecule has 0 atom stereocenters. The summed E-state index contributed by atoms with van der Waals surface area (Å²) in [6.45, 7) is 0. The first-order chi connectivity index (χ1) is 32.2. The fourth-order valence-corrected chi connectivity index (χ4v) is 9.77. The summed E-state index contributed by atoms with van der Waals surface area (Å²) in [7, 11) is 0. The van der Waals surface area contributed by atoms with Gasteiger partial charge in [-0.25, -0.2) is 0 Å². The smallest absolute Gasteiger partial charge is 0.131 e. The lowest BCUT2D eigenvalue weighted by Gasteiger charge is -2.30. The maximum atomic E-state index is 7.36. The molecule has 0 amide bonds. The highest BCUT2D eigenvalue weighted by molar-refractivity contribution is 6.09. The van der Waals surface area contributed by atoms with Gasteiger partial charge in [0.15, 0.2) is 0 Å². The quantitative estimate of drug-likeness (QED) is 0.137. The van der Waals surface area contributed by atoms with Crippen molar-refractivity contribution in [3.63, 3.8) is 0 Å². The van der Waals surface area contributed by atoms with Gasteiger partial charge in [0.25, 0.3) is 0 Å². The van der Waals surface area contributed by atoms with Crippen molar-refractivity contribution in [2.75, 3.05) is 9.80 Å². The van der Waals surface area contributed by atoms with Crippen LogP contribution in [0.4, 0.5) is 34.1 Å². The van der Waals surface area contributed by atoms with Gasteiger partial charge in [-0.1, -0.05) is 133 Å². The average molecular weight is 837 g/mol. The number of hydrogen-bond acceptors (Lipinski definition) is 3. The fourth-order valence-electron chi connectivity index (χ4n) is 9.77. The summed E-state index contributed by atoms with van der Waals surface area (Å²) >= 11 is 0. The molecule has 0 fully saturated rings. The van der Waals surface area contributed by atoms with E-state index in [4.69, 9.17) is 4.74 Å². The van der Waals surface area contributed by atoms with Gasteiger partial charge in [-0.15, -0.1) is 0 Å². The molecule has 0 aliphatic heterocycles. The van der Waals surface area contributed by atoms with Crippen LogP contribution in [0, 0.1) is 0 Å². The van der Waals surface area contributed by atoms with Crippen molar-refractivity contribution in [3.05, 3.63) is 248 Å². The Kier molecular flexibility index (Phi) is 9.57. The van der Waals surface area contributed by atoms with E-state index in [1.165, 1.54) is 32.9 Å². The Morgan fingerprint density at radius 3 is 1.25 bits per heavy atom. The molecule has 65 heavy (non-hydrogen) atoms.